The van der Waals surface area contributed by atoms with E-state index in [0.717, 1.165) is 11.3 Å². The molecule has 0 saturated heterocycles. The van der Waals surface area contributed by atoms with Crippen LogP contribution in [-0.2, 0) is 12.9 Å². The van der Waals surface area contributed by atoms with Gasteiger partial charge in [0.15, 0.2) is 0 Å². The zero-order valence-electron chi connectivity index (χ0n) is 9.88. The van der Waals surface area contributed by atoms with Gasteiger partial charge in [-0.1, -0.05) is 11.6 Å². The molecule has 6 heteroatoms. The van der Waals surface area contributed by atoms with Crippen LogP contribution in [-0.4, -0.2) is 9.78 Å². The Kier molecular flexibility index (Phi) is 3.78. The van der Waals surface area contributed by atoms with Crippen LogP contribution in [0, 0.1) is 12.7 Å². The molecule has 0 aliphatic carbocycles. The van der Waals surface area contributed by atoms with E-state index < -0.39 is 5.82 Å². The molecule has 0 N–H and O–H groups in total. The van der Waals surface area contributed by atoms with Crippen molar-refractivity contribution in [3.8, 4) is 11.6 Å². The fourth-order valence-corrected chi connectivity index (χ4v) is 2.04. The normalized spacial score (nSPS) is 10.7. The van der Waals surface area contributed by atoms with Crippen LogP contribution in [0.3, 0.4) is 0 Å². The van der Waals surface area contributed by atoms with E-state index in [4.69, 9.17) is 27.9 Å². The summed E-state index contributed by atoms with van der Waals surface area (Å²) < 4.78 is 20.5. The van der Waals surface area contributed by atoms with Crippen molar-refractivity contribution in [2.45, 2.75) is 12.8 Å². The maximum absolute atomic E-state index is 13.3. The zero-order chi connectivity index (χ0) is 13.3. The number of aromatic nitrogens is 2. The first kappa shape index (κ1) is 13.2. The van der Waals surface area contributed by atoms with Crippen LogP contribution in [0.5, 0.6) is 11.6 Å². The first-order chi connectivity index (χ1) is 8.52. The number of hydrogen-bond acceptors (Lipinski definition) is 2. The van der Waals surface area contributed by atoms with E-state index in [1.54, 1.807) is 17.8 Å². The Labute approximate surface area is 114 Å². The average molecular weight is 289 g/mol. The molecule has 0 saturated carbocycles. The molecule has 96 valence electrons. The molecule has 1 aromatic heterocycles. The van der Waals surface area contributed by atoms with Crippen LogP contribution in [0.4, 0.5) is 4.39 Å². The number of benzene rings is 1. The molecule has 0 bridgehead atoms. The summed E-state index contributed by atoms with van der Waals surface area (Å²) in [4.78, 5) is 0. The van der Waals surface area contributed by atoms with Gasteiger partial charge in [0.25, 0.3) is 0 Å². The third kappa shape index (κ3) is 2.44. The van der Waals surface area contributed by atoms with Gasteiger partial charge in [-0.25, -0.2) is 9.07 Å². The third-order valence-corrected chi connectivity index (χ3v) is 3.10. The number of ether oxygens (including phenoxy) is 1. The van der Waals surface area contributed by atoms with Crippen molar-refractivity contribution in [1.82, 2.24) is 9.78 Å². The lowest BCUT2D eigenvalue weighted by atomic mass is 10.3. The van der Waals surface area contributed by atoms with Gasteiger partial charge in [0.2, 0.25) is 5.88 Å². The van der Waals surface area contributed by atoms with Gasteiger partial charge in [-0.05, 0) is 19.1 Å². The topological polar surface area (TPSA) is 27.1 Å². The maximum Gasteiger partial charge on any atom is 0.222 e. The van der Waals surface area contributed by atoms with Gasteiger partial charge in [-0.2, -0.15) is 5.10 Å². The van der Waals surface area contributed by atoms with Crippen LogP contribution < -0.4 is 4.74 Å². The van der Waals surface area contributed by atoms with Crippen LogP contribution in [0.1, 0.15) is 11.3 Å². The second-order valence-electron chi connectivity index (χ2n) is 3.80. The molecule has 0 spiro atoms. The number of alkyl halides is 1. The van der Waals surface area contributed by atoms with Crippen molar-refractivity contribution < 1.29 is 9.13 Å². The average Bonchev–Trinajstić information content (AvgIpc) is 2.58. The van der Waals surface area contributed by atoms with Crippen LogP contribution in [0.15, 0.2) is 18.2 Å². The molecule has 3 nitrogen and oxygen atoms in total. The summed E-state index contributed by atoms with van der Waals surface area (Å²) in [6.07, 6.45) is 0. The zero-order valence-corrected chi connectivity index (χ0v) is 11.4. The van der Waals surface area contributed by atoms with Crippen LogP contribution in [0.2, 0.25) is 5.02 Å². The number of aryl methyl sites for hydroxylation is 2. The Bertz CT molecular complexity index is 584. The molecule has 0 unspecified atom stereocenters. The SMILES string of the molecule is Cc1nn(C)c(Oc2ccc(Cl)c(F)c2)c1CCl. The highest BCUT2D eigenvalue weighted by molar-refractivity contribution is 6.30. The van der Waals surface area contributed by atoms with Crippen LogP contribution >= 0.6 is 23.2 Å². The van der Waals surface area contributed by atoms with Gasteiger partial charge in [-0.15, -0.1) is 11.6 Å². The molecular formula is C12H11Cl2FN2O. The molecule has 2 rings (SSSR count). The fourth-order valence-electron chi connectivity index (χ4n) is 1.61. The first-order valence-electron chi connectivity index (χ1n) is 5.24. The summed E-state index contributed by atoms with van der Waals surface area (Å²) in [5.74, 6) is 0.612. The van der Waals surface area contributed by atoms with Gasteiger partial charge in [0.05, 0.1) is 22.2 Å². The van der Waals surface area contributed by atoms with Gasteiger partial charge < -0.3 is 4.74 Å². The molecule has 0 atom stereocenters. The monoisotopic (exact) mass is 288 g/mol. The summed E-state index contributed by atoms with van der Waals surface area (Å²) >= 11 is 11.5. The second kappa shape index (κ2) is 5.16. The molecule has 0 amide bonds. The van der Waals surface area contributed by atoms with Gasteiger partial charge in [0, 0.05) is 13.1 Å². The number of hydrogen-bond donors (Lipinski definition) is 0. The Morgan fingerprint density at radius 1 is 1.44 bits per heavy atom. The molecule has 1 aromatic carbocycles. The van der Waals surface area contributed by atoms with Crippen molar-refractivity contribution in [1.29, 1.82) is 0 Å². The number of halogens is 3. The summed E-state index contributed by atoms with van der Waals surface area (Å²) in [6.45, 7) is 1.84. The largest absolute Gasteiger partial charge is 0.439 e. The van der Waals surface area contributed by atoms with E-state index in [-0.39, 0.29) is 10.9 Å². The van der Waals surface area contributed by atoms with E-state index in [9.17, 15) is 4.39 Å². The van der Waals surface area contributed by atoms with Crippen molar-refractivity contribution in [3.05, 3.63) is 40.3 Å². The minimum Gasteiger partial charge on any atom is -0.439 e. The van der Waals surface area contributed by atoms with E-state index in [1.165, 1.54) is 12.1 Å². The molecular weight excluding hydrogens is 278 g/mol. The first-order valence-corrected chi connectivity index (χ1v) is 6.15. The third-order valence-electron chi connectivity index (χ3n) is 2.53. The van der Waals surface area contributed by atoms with Crippen molar-refractivity contribution >= 4 is 23.2 Å². The van der Waals surface area contributed by atoms with E-state index >= 15 is 0 Å². The highest BCUT2D eigenvalue weighted by Gasteiger charge is 2.15. The predicted octanol–water partition coefficient (Wildman–Crippen LogP) is 4.05. The Balaban J connectivity index is 2.36. The maximum atomic E-state index is 13.3. The molecule has 1 heterocycles. The van der Waals surface area contributed by atoms with Crippen molar-refractivity contribution in [3.63, 3.8) is 0 Å². The quantitative estimate of drug-likeness (QED) is 0.797. The summed E-state index contributed by atoms with van der Waals surface area (Å²) in [7, 11) is 1.74. The number of nitrogens with zero attached hydrogens (tertiary/aromatic N) is 2. The highest BCUT2D eigenvalue weighted by atomic mass is 35.5. The molecule has 0 radical (unpaired) electrons. The van der Waals surface area contributed by atoms with Gasteiger partial charge in [-0.3, -0.25) is 0 Å². The minimum absolute atomic E-state index is 0.0566. The predicted molar refractivity (Wildman–Crippen MR) is 69.0 cm³/mol. The lowest BCUT2D eigenvalue weighted by Gasteiger charge is -2.08. The van der Waals surface area contributed by atoms with Crippen molar-refractivity contribution in [2.24, 2.45) is 7.05 Å². The molecule has 2 aromatic rings. The van der Waals surface area contributed by atoms with Crippen molar-refractivity contribution in [2.75, 3.05) is 0 Å². The summed E-state index contributed by atoms with van der Waals surface area (Å²) in [5.41, 5.74) is 1.58. The van der Waals surface area contributed by atoms with E-state index in [1.807, 2.05) is 6.92 Å². The molecule has 0 fully saturated rings. The number of rotatable bonds is 3. The lowest BCUT2D eigenvalue weighted by molar-refractivity contribution is 0.424. The molecule has 0 aliphatic rings. The molecule has 18 heavy (non-hydrogen) atoms. The molecule has 0 aliphatic heterocycles. The Morgan fingerprint density at radius 2 is 2.17 bits per heavy atom. The Morgan fingerprint density at radius 3 is 2.78 bits per heavy atom. The smallest absolute Gasteiger partial charge is 0.222 e. The standard InChI is InChI=1S/C12H11Cl2FN2O/c1-7-9(6-13)12(17(2)16-7)18-8-3-4-10(14)11(15)5-8/h3-5H,6H2,1-2H3. The highest BCUT2D eigenvalue weighted by Crippen LogP contribution is 2.30. The van der Waals surface area contributed by atoms with E-state index in [2.05, 4.69) is 5.10 Å². The minimum atomic E-state index is -0.527. The Hall–Kier alpha value is -1.26. The lowest BCUT2D eigenvalue weighted by Crippen LogP contribution is -1.96. The van der Waals surface area contributed by atoms with Gasteiger partial charge >= 0.3 is 0 Å². The van der Waals surface area contributed by atoms with E-state index in [0.29, 0.717) is 11.6 Å². The second-order valence-corrected chi connectivity index (χ2v) is 4.48. The fraction of sp³-hybridized carbons (Fsp3) is 0.250. The summed E-state index contributed by atoms with van der Waals surface area (Å²) in [5, 5.41) is 4.26. The summed E-state index contributed by atoms with van der Waals surface area (Å²) in [6, 6.07) is 4.25. The van der Waals surface area contributed by atoms with Gasteiger partial charge in [0.1, 0.15) is 11.6 Å². The van der Waals surface area contributed by atoms with Crippen LogP contribution in [0.25, 0.3) is 0 Å².